The Morgan fingerprint density at radius 2 is 1.88 bits per heavy atom. The smallest absolute Gasteiger partial charge is 0.324 e. The molecule has 0 unspecified atom stereocenters. The topological polar surface area (TPSA) is 131 Å². The van der Waals surface area contributed by atoms with Gasteiger partial charge in [-0.1, -0.05) is 0 Å². The van der Waals surface area contributed by atoms with Gasteiger partial charge in [-0.15, -0.1) is 0 Å². The molecule has 1 aromatic rings. The van der Waals surface area contributed by atoms with E-state index in [4.69, 9.17) is 10.2 Å². The second-order valence-corrected chi connectivity index (χ2v) is 2.81. The molecule has 0 aromatic carbocycles. The zero-order valence-corrected chi connectivity index (χ0v) is 7.73. The van der Waals surface area contributed by atoms with E-state index in [1.807, 2.05) is 0 Å². The second-order valence-electron chi connectivity index (χ2n) is 2.81. The van der Waals surface area contributed by atoms with E-state index in [9.17, 15) is 19.7 Å². The summed E-state index contributed by atoms with van der Waals surface area (Å²) in [5.74, 6) is -4.97. The van der Waals surface area contributed by atoms with E-state index in [2.05, 4.69) is 4.98 Å². The van der Waals surface area contributed by atoms with Gasteiger partial charge in [-0.25, -0.2) is 0 Å². The largest absolute Gasteiger partial charge is 0.480 e. The van der Waals surface area contributed by atoms with Crippen molar-refractivity contribution in [1.82, 2.24) is 4.98 Å². The van der Waals surface area contributed by atoms with E-state index in [0.29, 0.717) is 0 Å². The fraction of sp³-hybridized carbons (Fsp3) is 0.125. The lowest BCUT2D eigenvalue weighted by atomic mass is 10.1. The Morgan fingerprint density at radius 3 is 2.19 bits per heavy atom. The zero-order valence-electron chi connectivity index (χ0n) is 7.73. The Hall–Kier alpha value is -2.51. The minimum Gasteiger partial charge on any atom is -0.480 e. The molecule has 8 heteroatoms. The number of carbonyl (C=O) groups is 2. The fourth-order valence-electron chi connectivity index (χ4n) is 1.03. The molecule has 0 spiro atoms. The zero-order chi connectivity index (χ0) is 12.3. The van der Waals surface area contributed by atoms with Crippen molar-refractivity contribution in [1.29, 1.82) is 0 Å². The van der Waals surface area contributed by atoms with Crippen LogP contribution in [0.3, 0.4) is 0 Å². The molecule has 1 aromatic heterocycles. The number of nitro groups is 1. The summed E-state index contributed by atoms with van der Waals surface area (Å²) in [6, 6.07) is 2.01. The molecule has 0 saturated carbocycles. The van der Waals surface area contributed by atoms with Gasteiger partial charge in [0, 0.05) is 6.07 Å². The van der Waals surface area contributed by atoms with Crippen molar-refractivity contribution in [3.8, 4) is 0 Å². The number of aromatic nitrogens is 1. The summed E-state index contributed by atoms with van der Waals surface area (Å²) in [7, 11) is 0. The first-order chi connectivity index (χ1) is 7.43. The molecule has 0 saturated heterocycles. The predicted octanol–water partition coefficient (Wildman–Crippen LogP) is 0.243. The van der Waals surface area contributed by atoms with Crippen LogP contribution in [-0.4, -0.2) is 32.1 Å². The van der Waals surface area contributed by atoms with Crippen LogP contribution in [0.2, 0.25) is 0 Å². The Morgan fingerprint density at radius 1 is 1.31 bits per heavy atom. The number of aliphatic carboxylic acids is 2. The highest BCUT2D eigenvalue weighted by atomic mass is 16.6. The summed E-state index contributed by atoms with van der Waals surface area (Å²) >= 11 is 0. The first-order valence-corrected chi connectivity index (χ1v) is 3.99. The normalized spacial score (nSPS) is 10.1. The van der Waals surface area contributed by atoms with Crippen LogP contribution in [0.25, 0.3) is 0 Å². The van der Waals surface area contributed by atoms with Gasteiger partial charge in [-0.3, -0.25) is 24.7 Å². The number of hydrogen-bond donors (Lipinski definition) is 2. The molecule has 0 aliphatic rings. The maximum Gasteiger partial charge on any atom is 0.324 e. The summed E-state index contributed by atoms with van der Waals surface area (Å²) in [5.41, 5.74) is -0.594. The number of rotatable bonds is 4. The van der Waals surface area contributed by atoms with Crippen molar-refractivity contribution < 1.29 is 24.7 Å². The van der Waals surface area contributed by atoms with Crippen molar-refractivity contribution in [3.05, 3.63) is 34.1 Å². The highest BCUT2D eigenvalue weighted by Gasteiger charge is 2.29. The number of carboxylic acid groups (broad SMARTS) is 2. The average Bonchev–Trinajstić information content (AvgIpc) is 2.17. The van der Waals surface area contributed by atoms with Crippen molar-refractivity contribution in [3.63, 3.8) is 0 Å². The van der Waals surface area contributed by atoms with Gasteiger partial charge in [-0.05, 0) is 6.07 Å². The van der Waals surface area contributed by atoms with Crippen LogP contribution in [0.15, 0.2) is 18.3 Å². The quantitative estimate of drug-likeness (QED) is 0.427. The van der Waals surface area contributed by atoms with Crippen LogP contribution in [0.1, 0.15) is 11.6 Å². The number of pyridine rings is 1. The van der Waals surface area contributed by atoms with Crippen LogP contribution in [0.4, 0.5) is 5.69 Å². The van der Waals surface area contributed by atoms with Gasteiger partial charge in [0.15, 0.2) is 5.92 Å². The standard InChI is InChI=1S/C8H6N2O6/c11-7(12)6(8(13)14)5-2-1-4(3-9-5)10(15)16/h1-3,6H,(H,11,12)(H,13,14). The SMILES string of the molecule is O=C(O)C(C(=O)O)c1ccc([N+](=O)[O-])cn1. The van der Waals surface area contributed by atoms with E-state index in [0.717, 1.165) is 18.3 Å². The minimum atomic E-state index is -1.82. The van der Waals surface area contributed by atoms with Crippen LogP contribution < -0.4 is 0 Å². The molecule has 0 atom stereocenters. The molecule has 84 valence electrons. The summed E-state index contributed by atoms with van der Waals surface area (Å²) in [5, 5.41) is 27.5. The van der Waals surface area contributed by atoms with E-state index in [1.165, 1.54) is 0 Å². The third kappa shape index (κ3) is 2.29. The van der Waals surface area contributed by atoms with Crippen molar-refractivity contribution in [2.75, 3.05) is 0 Å². The fourth-order valence-corrected chi connectivity index (χ4v) is 1.03. The maximum atomic E-state index is 10.6. The van der Waals surface area contributed by atoms with Crippen molar-refractivity contribution in [2.24, 2.45) is 0 Å². The Balaban J connectivity index is 3.08. The lowest BCUT2D eigenvalue weighted by Crippen LogP contribution is -2.22. The Labute approximate surface area is 88.3 Å². The number of carboxylic acids is 2. The van der Waals surface area contributed by atoms with Gasteiger partial charge in [0.2, 0.25) is 0 Å². The molecule has 0 aliphatic carbocycles. The van der Waals surface area contributed by atoms with E-state index >= 15 is 0 Å². The van der Waals surface area contributed by atoms with Gasteiger partial charge in [0.25, 0.3) is 5.69 Å². The van der Waals surface area contributed by atoms with Crippen molar-refractivity contribution in [2.45, 2.75) is 5.92 Å². The summed E-state index contributed by atoms with van der Waals surface area (Å²) in [6.07, 6.45) is 0.814. The molecular formula is C8H6N2O6. The maximum absolute atomic E-state index is 10.6. The van der Waals surface area contributed by atoms with Gasteiger partial charge in [0.1, 0.15) is 6.20 Å². The second kappa shape index (κ2) is 4.34. The Kier molecular flexibility index (Phi) is 3.14. The summed E-state index contributed by atoms with van der Waals surface area (Å²) in [4.78, 5) is 34.2. The summed E-state index contributed by atoms with van der Waals surface area (Å²) in [6.45, 7) is 0. The molecule has 0 fully saturated rings. The molecule has 0 amide bonds. The molecular weight excluding hydrogens is 220 g/mol. The van der Waals surface area contributed by atoms with Crippen LogP contribution in [-0.2, 0) is 9.59 Å². The molecule has 0 aliphatic heterocycles. The van der Waals surface area contributed by atoms with Gasteiger partial charge < -0.3 is 10.2 Å². The Bertz CT molecular complexity index is 426. The predicted molar refractivity (Wildman–Crippen MR) is 48.9 cm³/mol. The summed E-state index contributed by atoms with van der Waals surface area (Å²) < 4.78 is 0. The number of hydrogen-bond acceptors (Lipinski definition) is 5. The van der Waals surface area contributed by atoms with Gasteiger partial charge in [-0.2, -0.15) is 0 Å². The van der Waals surface area contributed by atoms with E-state index in [-0.39, 0.29) is 11.4 Å². The molecule has 8 nitrogen and oxygen atoms in total. The van der Waals surface area contributed by atoms with Crippen LogP contribution >= 0.6 is 0 Å². The minimum absolute atomic E-state index is 0.259. The molecule has 1 rings (SSSR count). The van der Waals surface area contributed by atoms with Crippen molar-refractivity contribution >= 4 is 17.6 Å². The molecule has 0 bridgehead atoms. The molecule has 0 radical (unpaired) electrons. The third-order valence-corrected chi connectivity index (χ3v) is 1.77. The van der Waals surface area contributed by atoms with Crippen LogP contribution in [0, 0.1) is 10.1 Å². The lowest BCUT2D eigenvalue weighted by Gasteiger charge is -2.05. The van der Waals surface area contributed by atoms with Crippen LogP contribution in [0.5, 0.6) is 0 Å². The van der Waals surface area contributed by atoms with E-state index < -0.39 is 22.8 Å². The van der Waals surface area contributed by atoms with E-state index in [1.54, 1.807) is 0 Å². The molecule has 2 N–H and O–H groups in total. The molecule has 16 heavy (non-hydrogen) atoms. The molecule has 1 heterocycles. The highest BCUT2D eigenvalue weighted by molar-refractivity contribution is 5.98. The first kappa shape index (κ1) is 11.6. The third-order valence-electron chi connectivity index (χ3n) is 1.77. The highest BCUT2D eigenvalue weighted by Crippen LogP contribution is 2.17. The van der Waals surface area contributed by atoms with Gasteiger partial charge >= 0.3 is 11.9 Å². The average molecular weight is 226 g/mol. The number of nitrogens with zero attached hydrogens (tertiary/aromatic N) is 2. The monoisotopic (exact) mass is 226 g/mol. The lowest BCUT2D eigenvalue weighted by molar-refractivity contribution is -0.385. The van der Waals surface area contributed by atoms with Gasteiger partial charge in [0.05, 0.1) is 10.6 Å². The first-order valence-electron chi connectivity index (χ1n) is 3.99.